The van der Waals surface area contributed by atoms with Crippen molar-refractivity contribution in [1.29, 1.82) is 0 Å². The van der Waals surface area contributed by atoms with E-state index in [1.54, 1.807) is 30.0 Å². The fraction of sp³-hybridized carbons (Fsp3) is 0.556. The first-order valence-electron chi connectivity index (χ1n) is 9.24. The molecule has 1 heterocycles. The Kier molecular flexibility index (Phi) is 9.71. The molecule has 1 aromatic rings. The Labute approximate surface area is 172 Å². The highest BCUT2D eigenvalue weighted by molar-refractivity contribution is 7.92. The van der Waals surface area contributed by atoms with Gasteiger partial charge in [-0.3, -0.25) is 14.3 Å². The molecule has 1 aliphatic heterocycles. The van der Waals surface area contributed by atoms with Crippen LogP contribution in [-0.4, -0.2) is 57.1 Å². The van der Waals surface area contributed by atoms with E-state index < -0.39 is 10.0 Å². The molecule has 1 unspecified atom stereocenters. The number of likely N-dealkylation sites (tertiary alicyclic amines) is 1. The Morgan fingerprint density at radius 3 is 2.75 bits per heavy atom. The molecule has 1 saturated heterocycles. The van der Waals surface area contributed by atoms with Gasteiger partial charge in [0.05, 0.1) is 11.7 Å². The smallest absolute Gasteiger partial charge is 0.253 e. The first kappa shape index (κ1) is 24.2. The van der Waals surface area contributed by atoms with Crippen LogP contribution in [0.2, 0.25) is 0 Å². The minimum absolute atomic E-state index is 0. The number of rotatable bonds is 8. The molecule has 1 fully saturated rings. The van der Waals surface area contributed by atoms with Crippen molar-refractivity contribution >= 4 is 39.9 Å². The van der Waals surface area contributed by atoms with Crippen molar-refractivity contribution < 1.29 is 18.0 Å². The second-order valence-corrected chi connectivity index (χ2v) is 8.51. The average molecular weight is 433 g/mol. The lowest BCUT2D eigenvalue weighted by Crippen LogP contribution is -2.46. The van der Waals surface area contributed by atoms with Crippen LogP contribution in [0.15, 0.2) is 24.3 Å². The quantitative estimate of drug-likeness (QED) is 0.569. The van der Waals surface area contributed by atoms with Gasteiger partial charge in [-0.05, 0) is 37.5 Å². The summed E-state index contributed by atoms with van der Waals surface area (Å²) in [4.78, 5) is 26.6. The topological polar surface area (TPSA) is 122 Å². The van der Waals surface area contributed by atoms with E-state index in [-0.39, 0.29) is 35.9 Å². The van der Waals surface area contributed by atoms with Crippen molar-refractivity contribution in [3.05, 3.63) is 29.8 Å². The molecule has 0 saturated carbocycles. The first-order valence-corrected chi connectivity index (χ1v) is 10.9. The average Bonchev–Trinajstić information content (AvgIpc) is 2.65. The number of hydrogen-bond donors (Lipinski definition) is 3. The third-order valence-corrected chi connectivity index (χ3v) is 5.87. The predicted molar refractivity (Wildman–Crippen MR) is 112 cm³/mol. The van der Waals surface area contributed by atoms with E-state index in [0.717, 1.165) is 12.8 Å². The van der Waals surface area contributed by atoms with Gasteiger partial charge in [0.15, 0.2) is 0 Å². The Morgan fingerprint density at radius 2 is 2.07 bits per heavy atom. The molecule has 4 N–H and O–H groups in total. The van der Waals surface area contributed by atoms with E-state index in [4.69, 9.17) is 5.73 Å². The van der Waals surface area contributed by atoms with Gasteiger partial charge in [0, 0.05) is 37.4 Å². The van der Waals surface area contributed by atoms with Crippen LogP contribution < -0.4 is 15.8 Å². The van der Waals surface area contributed by atoms with Gasteiger partial charge >= 0.3 is 0 Å². The second kappa shape index (κ2) is 11.2. The van der Waals surface area contributed by atoms with Crippen molar-refractivity contribution in [2.75, 3.05) is 36.7 Å². The Morgan fingerprint density at radius 1 is 1.32 bits per heavy atom. The zero-order valence-electron chi connectivity index (χ0n) is 16.0. The van der Waals surface area contributed by atoms with Crippen molar-refractivity contribution in [2.24, 2.45) is 11.7 Å². The molecule has 0 aromatic heterocycles. The normalized spacial score (nSPS) is 16.8. The maximum atomic E-state index is 12.8. The van der Waals surface area contributed by atoms with Crippen molar-refractivity contribution in [2.45, 2.75) is 26.2 Å². The lowest BCUT2D eigenvalue weighted by atomic mass is 9.96. The van der Waals surface area contributed by atoms with Gasteiger partial charge in [-0.2, -0.15) is 0 Å². The van der Waals surface area contributed by atoms with Gasteiger partial charge < -0.3 is 16.0 Å². The van der Waals surface area contributed by atoms with Crippen LogP contribution in [0, 0.1) is 5.92 Å². The Balaban J connectivity index is 0.00000392. The molecule has 1 aromatic carbocycles. The molecule has 1 aliphatic rings. The highest BCUT2D eigenvalue weighted by atomic mass is 35.5. The van der Waals surface area contributed by atoms with Crippen molar-refractivity contribution in [3.8, 4) is 0 Å². The molecule has 2 amide bonds. The van der Waals surface area contributed by atoms with Gasteiger partial charge in [-0.15, -0.1) is 12.4 Å². The molecular formula is C18H29ClN4O4S. The molecular weight excluding hydrogens is 404 g/mol. The number of benzene rings is 1. The van der Waals surface area contributed by atoms with Gasteiger partial charge in [0.1, 0.15) is 0 Å². The molecule has 10 heteroatoms. The highest BCUT2D eigenvalue weighted by Crippen LogP contribution is 2.20. The number of sulfonamides is 1. The Bertz CT molecular complexity index is 773. The van der Waals surface area contributed by atoms with E-state index in [0.29, 0.717) is 43.9 Å². The van der Waals surface area contributed by atoms with Crippen LogP contribution in [0.1, 0.15) is 36.5 Å². The summed E-state index contributed by atoms with van der Waals surface area (Å²) in [6.07, 6.45) is 1.99. The van der Waals surface area contributed by atoms with Gasteiger partial charge in [0.2, 0.25) is 15.9 Å². The standard InChI is InChI=1S/C18H28N4O4S.ClH/c1-2-11-27(25,26)21-16-7-3-5-14(12-16)18(24)22-10-4-6-15(13-22)17(23)20-9-8-19;/h3,5,7,12,15,21H,2,4,6,8-11,13,19H2,1H3,(H,20,23);1H. The summed E-state index contributed by atoms with van der Waals surface area (Å²) in [7, 11) is -3.42. The highest BCUT2D eigenvalue weighted by Gasteiger charge is 2.28. The molecule has 0 spiro atoms. The maximum Gasteiger partial charge on any atom is 0.253 e. The zero-order valence-corrected chi connectivity index (χ0v) is 17.7. The minimum atomic E-state index is -3.42. The molecule has 0 bridgehead atoms. The molecule has 0 radical (unpaired) electrons. The largest absolute Gasteiger partial charge is 0.355 e. The summed E-state index contributed by atoms with van der Waals surface area (Å²) < 4.78 is 26.3. The van der Waals surface area contributed by atoms with Crippen molar-refractivity contribution in [1.82, 2.24) is 10.2 Å². The van der Waals surface area contributed by atoms with Crippen LogP contribution >= 0.6 is 12.4 Å². The lowest BCUT2D eigenvalue weighted by molar-refractivity contribution is -0.126. The maximum absolute atomic E-state index is 12.8. The lowest BCUT2D eigenvalue weighted by Gasteiger charge is -2.32. The van der Waals surface area contributed by atoms with Crippen LogP contribution in [0.4, 0.5) is 5.69 Å². The summed E-state index contributed by atoms with van der Waals surface area (Å²) >= 11 is 0. The fourth-order valence-electron chi connectivity index (χ4n) is 3.11. The zero-order chi connectivity index (χ0) is 19.9. The van der Waals surface area contributed by atoms with Gasteiger partial charge in [0.25, 0.3) is 5.91 Å². The van der Waals surface area contributed by atoms with E-state index in [2.05, 4.69) is 10.0 Å². The number of anilines is 1. The van der Waals surface area contributed by atoms with Crippen LogP contribution in [-0.2, 0) is 14.8 Å². The van der Waals surface area contributed by atoms with E-state index in [9.17, 15) is 18.0 Å². The number of nitrogens with two attached hydrogens (primary N) is 1. The molecule has 0 aliphatic carbocycles. The summed E-state index contributed by atoms with van der Waals surface area (Å²) in [6.45, 7) is 3.51. The Hall–Kier alpha value is -1.84. The van der Waals surface area contributed by atoms with Gasteiger partial charge in [-0.1, -0.05) is 13.0 Å². The second-order valence-electron chi connectivity index (χ2n) is 6.67. The number of hydrogen-bond acceptors (Lipinski definition) is 5. The van der Waals surface area contributed by atoms with Crippen molar-refractivity contribution in [3.63, 3.8) is 0 Å². The molecule has 28 heavy (non-hydrogen) atoms. The summed E-state index contributed by atoms with van der Waals surface area (Å²) in [5.41, 5.74) is 6.17. The van der Waals surface area contributed by atoms with E-state index in [1.807, 2.05) is 0 Å². The SMILES string of the molecule is CCCS(=O)(=O)Nc1cccc(C(=O)N2CCCC(C(=O)NCCN)C2)c1.Cl. The number of nitrogens with zero attached hydrogens (tertiary/aromatic N) is 1. The third kappa shape index (κ3) is 6.96. The molecule has 1 atom stereocenters. The number of piperidine rings is 1. The number of amides is 2. The molecule has 8 nitrogen and oxygen atoms in total. The fourth-order valence-corrected chi connectivity index (χ4v) is 4.24. The number of halogens is 1. The van der Waals surface area contributed by atoms with Gasteiger partial charge in [-0.25, -0.2) is 8.42 Å². The summed E-state index contributed by atoms with van der Waals surface area (Å²) in [5.74, 6) is -0.515. The number of carbonyl (C=O) groups excluding carboxylic acids is 2. The minimum Gasteiger partial charge on any atom is -0.355 e. The summed E-state index contributed by atoms with van der Waals surface area (Å²) in [5, 5.41) is 2.77. The molecule has 2 rings (SSSR count). The van der Waals surface area contributed by atoms with Crippen LogP contribution in [0.3, 0.4) is 0 Å². The summed E-state index contributed by atoms with van der Waals surface area (Å²) in [6, 6.07) is 6.45. The third-order valence-electron chi connectivity index (χ3n) is 4.38. The van der Waals surface area contributed by atoms with Crippen LogP contribution in [0.25, 0.3) is 0 Å². The predicted octanol–water partition coefficient (Wildman–Crippen LogP) is 1.19. The van der Waals surface area contributed by atoms with E-state index >= 15 is 0 Å². The van der Waals surface area contributed by atoms with E-state index in [1.165, 1.54) is 6.07 Å². The molecule has 158 valence electrons. The number of carbonyl (C=O) groups is 2. The first-order chi connectivity index (χ1) is 12.9. The monoisotopic (exact) mass is 432 g/mol. The van der Waals surface area contributed by atoms with Crippen LogP contribution in [0.5, 0.6) is 0 Å². The number of nitrogens with one attached hydrogen (secondary N) is 2.